The summed E-state index contributed by atoms with van der Waals surface area (Å²) in [6.07, 6.45) is 0. The van der Waals surface area contributed by atoms with Gasteiger partial charge in [0.15, 0.2) is 11.5 Å². The van der Waals surface area contributed by atoms with Gasteiger partial charge in [-0.05, 0) is 43.3 Å². The number of furan rings is 1. The second-order valence-electron chi connectivity index (χ2n) is 6.81. The fourth-order valence-corrected chi connectivity index (χ4v) is 3.21. The van der Waals surface area contributed by atoms with Gasteiger partial charge >= 0.3 is 0 Å². The summed E-state index contributed by atoms with van der Waals surface area (Å²) >= 11 is 0. The molecule has 2 N–H and O–H groups in total. The Morgan fingerprint density at radius 2 is 1.80 bits per heavy atom. The summed E-state index contributed by atoms with van der Waals surface area (Å²) in [5.74, 6) is 1.66. The molecule has 1 amide bonds. The number of fused-ring (bicyclic) bond motifs is 3. The maximum Gasteiger partial charge on any atom is 0.291 e. The summed E-state index contributed by atoms with van der Waals surface area (Å²) in [5.41, 5.74) is 2.84. The Morgan fingerprint density at radius 1 is 1.00 bits per heavy atom. The van der Waals surface area contributed by atoms with Crippen molar-refractivity contribution in [2.24, 2.45) is 0 Å². The number of benzene rings is 2. The number of nitrogens with zero attached hydrogens (tertiary/aromatic N) is 4. The highest BCUT2D eigenvalue weighted by molar-refractivity contribution is 5.92. The van der Waals surface area contributed by atoms with Crippen LogP contribution in [0.5, 0.6) is 0 Å². The van der Waals surface area contributed by atoms with Gasteiger partial charge in [0.2, 0.25) is 5.82 Å². The topological polar surface area (TPSA) is 97.3 Å². The molecule has 0 radical (unpaired) electrons. The van der Waals surface area contributed by atoms with E-state index in [1.54, 1.807) is 4.52 Å². The van der Waals surface area contributed by atoms with Gasteiger partial charge in [0.05, 0.1) is 17.6 Å². The van der Waals surface area contributed by atoms with Crippen molar-refractivity contribution < 1.29 is 9.21 Å². The SMILES string of the molecule is Cc1ccc(CNC(=O)c2nc3c(Nc4ccccc4)nc4ccccc4n3n2)o1. The van der Waals surface area contributed by atoms with Crippen molar-refractivity contribution in [3.8, 4) is 0 Å². The largest absolute Gasteiger partial charge is 0.465 e. The molecule has 0 aliphatic heterocycles. The Balaban J connectivity index is 1.53. The molecule has 0 atom stereocenters. The number of anilines is 2. The number of amides is 1. The molecule has 5 aromatic rings. The second-order valence-corrected chi connectivity index (χ2v) is 6.81. The maximum atomic E-state index is 12.7. The highest BCUT2D eigenvalue weighted by atomic mass is 16.3. The monoisotopic (exact) mass is 398 g/mol. The molecule has 0 spiro atoms. The first kappa shape index (κ1) is 17.9. The first-order chi connectivity index (χ1) is 14.7. The van der Waals surface area contributed by atoms with Crippen LogP contribution >= 0.6 is 0 Å². The summed E-state index contributed by atoms with van der Waals surface area (Å²) in [6.45, 7) is 2.12. The van der Waals surface area contributed by atoms with Gasteiger partial charge in [0.1, 0.15) is 11.5 Å². The highest BCUT2D eigenvalue weighted by Gasteiger charge is 2.18. The average molecular weight is 398 g/mol. The number of para-hydroxylation sites is 3. The number of hydrogen-bond donors (Lipinski definition) is 2. The third kappa shape index (κ3) is 3.35. The highest BCUT2D eigenvalue weighted by Crippen LogP contribution is 2.23. The predicted molar refractivity (Wildman–Crippen MR) is 113 cm³/mol. The third-order valence-corrected chi connectivity index (χ3v) is 4.62. The van der Waals surface area contributed by atoms with Gasteiger partial charge in [-0.15, -0.1) is 5.10 Å². The van der Waals surface area contributed by atoms with Gasteiger partial charge in [-0.1, -0.05) is 30.3 Å². The lowest BCUT2D eigenvalue weighted by Gasteiger charge is -2.08. The molecule has 8 heteroatoms. The first-order valence-electron chi connectivity index (χ1n) is 9.48. The molecule has 3 aromatic heterocycles. The zero-order valence-electron chi connectivity index (χ0n) is 16.2. The van der Waals surface area contributed by atoms with Crippen LogP contribution in [-0.4, -0.2) is 25.5 Å². The van der Waals surface area contributed by atoms with Crippen LogP contribution in [0.15, 0.2) is 71.1 Å². The molecule has 2 aromatic carbocycles. The van der Waals surface area contributed by atoms with E-state index in [1.807, 2.05) is 73.7 Å². The van der Waals surface area contributed by atoms with E-state index in [-0.39, 0.29) is 18.3 Å². The summed E-state index contributed by atoms with van der Waals surface area (Å²) in [6, 6.07) is 20.9. The summed E-state index contributed by atoms with van der Waals surface area (Å²) in [4.78, 5) is 21.8. The minimum absolute atomic E-state index is 0.0625. The average Bonchev–Trinajstić information content (AvgIpc) is 3.40. The van der Waals surface area contributed by atoms with Crippen LogP contribution < -0.4 is 10.6 Å². The van der Waals surface area contributed by atoms with Crippen molar-refractivity contribution in [3.05, 3.63) is 84.1 Å². The Labute approximate surface area is 171 Å². The first-order valence-corrected chi connectivity index (χ1v) is 9.48. The number of rotatable bonds is 5. The van der Waals surface area contributed by atoms with Gasteiger partial charge in [0.25, 0.3) is 5.91 Å². The lowest BCUT2D eigenvalue weighted by atomic mass is 10.3. The molecule has 0 aliphatic carbocycles. The van der Waals surface area contributed by atoms with Crippen LogP contribution in [0.4, 0.5) is 11.5 Å². The van der Waals surface area contributed by atoms with Crippen LogP contribution in [-0.2, 0) is 6.54 Å². The number of carbonyl (C=O) groups excluding carboxylic acids is 1. The number of carbonyl (C=O) groups is 1. The third-order valence-electron chi connectivity index (χ3n) is 4.62. The van der Waals surface area contributed by atoms with Crippen LogP contribution in [0.3, 0.4) is 0 Å². The lowest BCUT2D eigenvalue weighted by Crippen LogP contribution is -2.23. The zero-order chi connectivity index (χ0) is 20.5. The van der Waals surface area contributed by atoms with Crippen molar-refractivity contribution in [2.45, 2.75) is 13.5 Å². The molecular weight excluding hydrogens is 380 g/mol. The Hall–Kier alpha value is -4.20. The molecule has 148 valence electrons. The van der Waals surface area contributed by atoms with Gasteiger partial charge in [-0.3, -0.25) is 4.79 Å². The Bertz CT molecular complexity index is 1360. The molecule has 0 fully saturated rings. The smallest absolute Gasteiger partial charge is 0.291 e. The maximum absolute atomic E-state index is 12.7. The number of nitrogens with one attached hydrogen (secondary N) is 2. The molecule has 0 saturated heterocycles. The van der Waals surface area contributed by atoms with Crippen molar-refractivity contribution in [2.75, 3.05) is 5.32 Å². The quantitative estimate of drug-likeness (QED) is 0.467. The molecule has 0 saturated carbocycles. The van der Waals surface area contributed by atoms with Crippen molar-refractivity contribution in [1.29, 1.82) is 0 Å². The summed E-state index contributed by atoms with van der Waals surface area (Å²) in [5, 5.41) is 10.5. The molecule has 0 aliphatic rings. The molecule has 8 nitrogen and oxygen atoms in total. The van der Waals surface area contributed by atoms with E-state index in [4.69, 9.17) is 4.42 Å². The van der Waals surface area contributed by atoms with Crippen LogP contribution in [0, 0.1) is 6.92 Å². The number of hydrogen-bond acceptors (Lipinski definition) is 6. The predicted octanol–water partition coefficient (Wildman–Crippen LogP) is 3.85. The summed E-state index contributed by atoms with van der Waals surface area (Å²) in [7, 11) is 0. The van der Waals surface area contributed by atoms with E-state index >= 15 is 0 Å². The fraction of sp³-hybridized carbons (Fsp3) is 0.0909. The normalized spacial score (nSPS) is 11.1. The molecule has 30 heavy (non-hydrogen) atoms. The van der Waals surface area contributed by atoms with Gasteiger partial charge < -0.3 is 15.1 Å². The fourth-order valence-electron chi connectivity index (χ4n) is 3.21. The number of aryl methyl sites for hydroxylation is 1. The summed E-state index contributed by atoms with van der Waals surface area (Å²) < 4.78 is 7.13. The van der Waals surface area contributed by atoms with Crippen LogP contribution in [0.2, 0.25) is 0 Å². The van der Waals surface area contributed by atoms with Crippen LogP contribution in [0.25, 0.3) is 16.7 Å². The van der Waals surface area contributed by atoms with E-state index < -0.39 is 0 Å². The zero-order valence-corrected chi connectivity index (χ0v) is 16.2. The van der Waals surface area contributed by atoms with Gasteiger partial charge in [-0.25, -0.2) is 9.50 Å². The van der Waals surface area contributed by atoms with Crippen molar-refractivity contribution in [1.82, 2.24) is 24.9 Å². The second kappa shape index (κ2) is 7.32. The molecule has 0 unspecified atom stereocenters. The number of aromatic nitrogens is 4. The molecule has 0 bridgehead atoms. The van der Waals surface area contributed by atoms with E-state index in [0.717, 1.165) is 22.5 Å². The van der Waals surface area contributed by atoms with Gasteiger partial charge in [0, 0.05) is 5.69 Å². The Kier molecular flexibility index (Phi) is 4.36. The van der Waals surface area contributed by atoms with E-state index in [9.17, 15) is 4.79 Å². The minimum atomic E-state index is -0.387. The van der Waals surface area contributed by atoms with Gasteiger partial charge in [-0.2, -0.15) is 4.98 Å². The Morgan fingerprint density at radius 3 is 2.60 bits per heavy atom. The molecular formula is C22H18N6O2. The van der Waals surface area contributed by atoms with E-state index in [2.05, 4.69) is 25.7 Å². The lowest BCUT2D eigenvalue weighted by molar-refractivity contribution is 0.0938. The molecule has 5 rings (SSSR count). The van der Waals surface area contributed by atoms with E-state index in [0.29, 0.717) is 17.2 Å². The van der Waals surface area contributed by atoms with E-state index in [1.165, 1.54) is 0 Å². The minimum Gasteiger partial charge on any atom is -0.465 e. The standard InChI is InChI=1S/C22H18N6O2/c1-14-11-12-16(30-14)13-23-22(29)20-26-21-19(24-15-7-3-2-4-8-15)25-17-9-5-6-10-18(17)28(21)27-20/h2-12H,13H2,1H3,(H,23,29)(H,24,25). The molecule has 3 heterocycles. The van der Waals surface area contributed by atoms with Crippen LogP contribution in [0.1, 0.15) is 22.1 Å². The van der Waals surface area contributed by atoms with Crippen molar-refractivity contribution >= 4 is 34.1 Å². The van der Waals surface area contributed by atoms with Crippen molar-refractivity contribution in [3.63, 3.8) is 0 Å².